The van der Waals surface area contributed by atoms with Crippen LogP contribution < -0.4 is 27.4 Å². The number of nitrogens with zero attached hydrogens (tertiary/aromatic N) is 1. The predicted octanol–water partition coefficient (Wildman–Crippen LogP) is 1.85. The molecule has 7 N–H and O–H groups in total. The summed E-state index contributed by atoms with van der Waals surface area (Å²) in [4.78, 5) is 26.7. The van der Waals surface area contributed by atoms with Crippen LogP contribution in [0.3, 0.4) is 0 Å². The molecule has 8 nitrogen and oxygen atoms in total. The van der Waals surface area contributed by atoms with Crippen LogP contribution in [0.4, 0.5) is 14.5 Å². The van der Waals surface area contributed by atoms with Crippen molar-refractivity contribution in [2.24, 2.45) is 11.5 Å². The van der Waals surface area contributed by atoms with Gasteiger partial charge in [0.05, 0.1) is 34.7 Å². The molecule has 0 spiro atoms. The Hall–Kier alpha value is -3.95. The molecule has 0 atom stereocenters. The lowest BCUT2D eigenvalue weighted by Gasteiger charge is -2.13. The van der Waals surface area contributed by atoms with E-state index in [-0.39, 0.29) is 40.8 Å². The van der Waals surface area contributed by atoms with Crippen molar-refractivity contribution < 1.29 is 18.4 Å². The number of fused-ring (bicyclic) bond motifs is 1. The van der Waals surface area contributed by atoms with Gasteiger partial charge in [0.25, 0.3) is 5.91 Å². The van der Waals surface area contributed by atoms with Crippen molar-refractivity contribution in [1.29, 1.82) is 0 Å². The number of halogens is 2. The van der Waals surface area contributed by atoms with Crippen LogP contribution in [0.15, 0.2) is 47.9 Å². The summed E-state index contributed by atoms with van der Waals surface area (Å²) in [5.41, 5.74) is 13.1. The van der Waals surface area contributed by atoms with Gasteiger partial charge in [-0.15, -0.1) is 0 Å². The van der Waals surface area contributed by atoms with E-state index in [1.807, 2.05) is 0 Å². The summed E-state index contributed by atoms with van der Waals surface area (Å²) in [6.45, 7) is 0.640. The highest BCUT2D eigenvalue weighted by Crippen LogP contribution is 2.32. The summed E-state index contributed by atoms with van der Waals surface area (Å²) in [5.74, 6) is -1.73. The molecule has 162 valence electrons. The highest BCUT2D eigenvalue weighted by molar-refractivity contribution is 6.03. The molecule has 0 unspecified atom stereocenters. The number of carbonyl (C=O) groups is 2. The molecule has 2 amide bonds. The van der Waals surface area contributed by atoms with E-state index in [9.17, 15) is 18.4 Å². The monoisotopic (exact) mass is 428 g/mol. The third kappa shape index (κ3) is 5.16. The van der Waals surface area contributed by atoms with Crippen LogP contribution in [-0.4, -0.2) is 23.8 Å². The molecule has 2 heterocycles. The van der Waals surface area contributed by atoms with Crippen LogP contribution in [0.25, 0.3) is 11.3 Å². The van der Waals surface area contributed by atoms with Gasteiger partial charge in [0.2, 0.25) is 6.41 Å². The lowest BCUT2D eigenvalue weighted by molar-refractivity contribution is -0.109. The number of benzene rings is 1. The van der Waals surface area contributed by atoms with Crippen molar-refractivity contribution in [3.8, 4) is 11.3 Å². The molecule has 0 bridgehead atoms. The number of rotatable bonds is 9. The van der Waals surface area contributed by atoms with Crippen LogP contribution in [0, 0.1) is 11.6 Å². The predicted molar refractivity (Wildman–Crippen MR) is 112 cm³/mol. The van der Waals surface area contributed by atoms with Gasteiger partial charge in [-0.3, -0.25) is 9.59 Å². The Morgan fingerprint density at radius 2 is 1.94 bits per heavy atom. The highest BCUT2D eigenvalue weighted by atomic mass is 19.1. The maximum absolute atomic E-state index is 14.3. The van der Waals surface area contributed by atoms with Crippen molar-refractivity contribution in [3.63, 3.8) is 0 Å². The zero-order chi connectivity index (χ0) is 22.4. The Morgan fingerprint density at radius 1 is 1.19 bits per heavy atom. The summed E-state index contributed by atoms with van der Waals surface area (Å²) in [7, 11) is 0. The van der Waals surface area contributed by atoms with E-state index in [1.165, 1.54) is 18.2 Å². The molecule has 0 aliphatic carbocycles. The smallest absolute Gasteiger partial charge is 0.255 e. The van der Waals surface area contributed by atoms with Crippen LogP contribution in [0.2, 0.25) is 0 Å². The zero-order valence-corrected chi connectivity index (χ0v) is 16.5. The molecule has 1 aromatic carbocycles. The van der Waals surface area contributed by atoms with Crippen molar-refractivity contribution in [1.82, 2.24) is 15.6 Å². The Labute approximate surface area is 177 Å². The normalized spacial score (nSPS) is 13.5. The molecular weight excluding hydrogens is 406 g/mol. The molecule has 0 saturated carbocycles. The number of hydrogen-bond donors (Lipinski definition) is 5. The molecule has 10 heteroatoms. The fourth-order valence-electron chi connectivity index (χ4n) is 3.13. The number of hydrogen-bond acceptors (Lipinski definition) is 6. The minimum Gasteiger partial charge on any atom is -0.402 e. The summed E-state index contributed by atoms with van der Waals surface area (Å²) < 4.78 is 28.5. The Kier molecular flexibility index (Phi) is 6.81. The van der Waals surface area contributed by atoms with Gasteiger partial charge in [-0.25, -0.2) is 13.8 Å². The fraction of sp³-hybridized carbons (Fsp3) is 0.190. The minimum atomic E-state index is -0.765. The molecule has 1 aromatic heterocycles. The quantitative estimate of drug-likeness (QED) is 0.235. The number of allylic oxidation sites excluding steroid dienone is 3. The Bertz CT molecular complexity index is 1050. The minimum absolute atomic E-state index is 0.0406. The number of anilines is 1. The number of nitrogens with two attached hydrogens (primary N) is 2. The van der Waals surface area contributed by atoms with E-state index < -0.39 is 11.6 Å². The maximum Gasteiger partial charge on any atom is 0.255 e. The molecule has 0 fully saturated rings. The summed E-state index contributed by atoms with van der Waals surface area (Å²) in [5, 5.41) is 8.07. The molecule has 1 aliphatic heterocycles. The fourth-order valence-corrected chi connectivity index (χ4v) is 3.13. The van der Waals surface area contributed by atoms with Crippen LogP contribution >= 0.6 is 0 Å². The average molecular weight is 428 g/mol. The third-order valence-electron chi connectivity index (χ3n) is 4.58. The molecular formula is C21H22F2N6O2. The topological polar surface area (TPSA) is 135 Å². The molecule has 1 aliphatic rings. The molecule has 0 radical (unpaired) electrons. The summed E-state index contributed by atoms with van der Waals surface area (Å²) in [6, 6.07) is 4.91. The Balaban J connectivity index is 1.88. The summed E-state index contributed by atoms with van der Waals surface area (Å²) in [6.07, 6.45) is 4.95. The summed E-state index contributed by atoms with van der Waals surface area (Å²) >= 11 is 0. The van der Waals surface area contributed by atoms with Crippen LogP contribution in [-0.2, 0) is 11.3 Å². The van der Waals surface area contributed by atoms with E-state index >= 15 is 0 Å². The number of carbonyl (C=O) groups excluding carboxylic acids is 2. The lowest BCUT2D eigenvalue weighted by atomic mass is 10.1. The largest absolute Gasteiger partial charge is 0.402 e. The lowest BCUT2D eigenvalue weighted by Crippen LogP contribution is -2.16. The van der Waals surface area contributed by atoms with Crippen molar-refractivity contribution in [3.05, 3.63) is 70.8 Å². The zero-order valence-electron chi connectivity index (χ0n) is 16.5. The Morgan fingerprint density at radius 3 is 2.65 bits per heavy atom. The number of nitrogens with one attached hydrogen (secondary N) is 3. The highest BCUT2D eigenvalue weighted by Gasteiger charge is 2.27. The van der Waals surface area contributed by atoms with Gasteiger partial charge in [0.1, 0.15) is 17.5 Å². The van der Waals surface area contributed by atoms with Gasteiger partial charge >= 0.3 is 0 Å². The first-order chi connectivity index (χ1) is 14.9. The number of aromatic nitrogens is 1. The molecule has 2 aromatic rings. The van der Waals surface area contributed by atoms with Crippen molar-refractivity contribution in [2.45, 2.75) is 19.4 Å². The maximum atomic E-state index is 14.3. The van der Waals surface area contributed by atoms with Gasteiger partial charge < -0.3 is 27.4 Å². The van der Waals surface area contributed by atoms with Gasteiger partial charge in [-0.2, -0.15) is 0 Å². The van der Waals surface area contributed by atoms with Gasteiger partial charge in [0, 0.05) is 12.2 Å². The molecule has 0 saturated heterocycles. The van der Waals surface area contributed by atoms with E-state index in [1.54, 1.807) is 6.08 Å². The van der Waals surface area contributed by atoms with E-state index in [2.05, 4.69) is 20.9 Å². The average Bonchev–Trinajstić information content (AvgIpc) is 3.11. The SMILES string of the molecule is N/C(=C\C=C(/N)Nc1cc(-c2c(F)cccc2F)nc2c1C(=O)NC2)CCCNC=O. The first-order valence-electron chi connectivity index (χ1n) is 9.53. The van der Waals surface area contributed by atoms with E-state index in [0.29, 0.717) is 37.2 Å². The second kappa shape index (κ2) is 9.70. The van der Waals surface area contributed by atoms with Gasteiger partial charge in [0.15, 0.2) is 0 Å². The third-order valence-corrected chi connectivity index (χ3v) is 4.58. The van der Waals surface area contributed by atoms with E-state index in [4.69, 9.17) is 11.5 Å². The second-order valence-electron chi connectivity index (χ2n) is 6.82. The number of amides is 2. The van der Waals surface area contributed by atoms with Gasteiger partial charge in [-0.05, 0) is 43.2 Å². The molecule has 31 heavy (non-hydrogen) atoms. The van der Waals surface area contributed by atoms with Crippen LogP contribution in [0.5, 0.6) is 0 Å². The van der Waals surface area contributed by atoms with Crippen molar-refractivity contribution in [2.75, 3.05) is 11.9 Å². The van der Waals surface area contributed by atoms with Crippen LogP contribution in [0.1, 0.15) is 28.9 Å². The first-order valence-corrected chi connectivity index (χ1v) is 9.53. The number of pyridine rings is 1. The van der Waals surface area contributed by atoms with Gasteiger partial charge in [-0.1, -0.05) is 6.07 Å². The standard InChI is InChI=1S/C21H22F2N6O2/c22-13-4-1-5-14(23)19(13)15-9-16(20-17(28-15)10-27-21(20)31)29-18(25)7-6-12(24)3-2-8-26-11-30/h1,4-7,9,11H,2-3,8,10,24-25H2,(H,26,30)(H,27,31)(H,28,29)/b12-6-,18-7+. The molecule has 3 rings (SSSR count). The second-order valence-corrected chi connectivity index (χ2v) is 6.82. The first kappa shape index (κ1) is 21.8. The van der Waals surface area contributed by atoms with Crippen molar-refractivity contribution >= 4 is 18.0 Å². The van der Waals surface area contributed by atoms with E-state index in [0.717, 1.165) is 12.1 Å².